The van der Waals surface area contributed by atoms with Crippen LogP contribution < -0.4 is 0 Å². The highest BCUT2D eigenvalue weighted by Crippen LogP contribution is 2.28. The highest BCUT2D eigenvalue weighted by Gasteiger charge is 2.13. The van der Waals surface area contributed by atoms with Gasteiger partial charge in [0.2, 0.25) is 0 Å². The highest BCUT2D eigenvalue weighted by molar-refractivity contribution is 5.41. The molecule has 0 amide bonds. The summed E-state index contributed by atoms with van der Waals surface area (Å²) in [7, 11) is 0. The van der Waals surface area contributed by atoms with Gasteiger partial charge in [0.05, 0.1) is 0 Å². The van der Waals surface area contributed by atoms with E-state index in [1.165, 1.54) is 32.1 Å². The Bertz CT molecular complexity index is 347. The molecule has 0 radical (unpaired) electrons. The second kappa shape index (κ2) is 4.38. The molecule has 0 spiro atoms. The van der Waals surface area contributed by atoms with Crippen LogP contribution in [0.1, 0.15) is 61.8 Å². The van der Waals surface area contributed by atoms with Gasteiger partial charge in [-0.2, -0.15) is 0 Å². The van der Waals surface area contributed by atoms with Gasteiger partial charge in [-0.05, 0) is 60.3 Å². The van der Waals surface area contributed by atoms with Crippen LogP contribution in [0, 0.1) is 0 Å². The number of fused-ring (bicyclic) bond motifs is 1. The summed E-state index contributed by atoms with van der Waals surface area (Å²) in [6.45, 7) is 6.89. The first-order valence-corrected chi connectivity index (χ1v) is 6.37. The van der Waals surface area contributed by atoms with Crippen molar-refractivity contribution in [2.24, 2.45) is 0 Å². The molecular formula is C15H22. The molecule has 0 nitrogen and oxygen atoms in total. The maximum Gasteiger partial charge on any atom is -0.0216 e. The summed E-state index contributed by atoms with van der Waals surface area (Å²) in [5, 5.41) is 0. The van der Waals surface area contributed by atoms with Gasteiger partial charge in [0.1, 0.15) is 0 Å². The number of benzene rings is 1. The van der Waals surface area contributed by atoms with Gasteiger partial charge in [-0.1, -0.05) is 32.9 Å². The lowest BCUT2D eigenvalue weighted by Crippen LogP contribution is -2.06. The first-order valence-electron chi connectivity index (χ1n) is 6.37. The molecule has 0 aliphatic heterocycles. The van der Waals surface area contributed by atoms with Crippen LogP contribution >= 0.6 is 0 Å². The Morgan fingerprint density at radius 3 is 2.20 bits per heavy atom. The van der Waals surface area contributed by atoms with Crippen molar-refractivity contribution in [3.05, 3.63) is 34.4 Å². The van der Waals surface area contributed by atoms with Gasteiger partial charge in [-0.25, -0.2) is 0 Å². The van der Waals surface area contributed by atoms with E-state index in [0.717, 1.165) is 0 Å². The van der Waals surface area contributed by atoms with E-state index in [1.54, 1.807) is 22.3 Å². The van der Waals surface area contributed by atoms with Gasteiger partial charge in [-0.3, -0.25) is 0 Å². The average molecular weight is 202 g/mol. The Morgan fingerprint density at radius 2 is 1.67 bits per heavy atom. The summed E-state index contributed by atoms with van der Waals surface area (Å²) in [4.78, 5) is 0. The van der Waals surface area contributed by atoms with E-state index < -0.39 is 0 Å². The van der Waals surface area contributed by atoms with Crippen LogP contribution in [-0.2, 0) is 19.3 Å². The van der Waals surface area contributed by atoms with Gasteiger partial charge >= 0.3 is 0 Å². The molecule has 0 unspecified atom stereocenters. The summed E-state index contributed by atoms with van der Waals surface area (Å²) in [6.07, 6.45) is 6.56. The highest BCUT2D eigenvalue weighted by atomic mass is 14.2. The quantitative estimate of drug-likeness (QED) is 0.672. The standard InChI is InChI=1S/C15H22/c1-4-12-9-13-7-5-6-8-14(13)10-15(12)11(2)3/h9-11H,4-8H2,1-3H3. The third-order valence-electron chi connectivity index (χ3n) is 3.61. The fourth-order valence-corrected chi connectivity index (χ4v) is 2.70. The molecule has 0 saturated carbocycles. The molecule has 82 valence electrons. The zero-order valence-corrected chi connectivity index (χ0v) is 10.3. The van der Waals surface area contributed by atoms with Crippen molar-refractivity contribution in [3.8, 4) is 0 Å². The lowest BCUT2D eigenvalue weighted by molar-refractivity contribution is 0.680. The molecule has 15 heavy (non-hydrogen) atoms. The minimum absolute atomic E-state index is 0.673. The van der Waals surface area contributed by atoms with Crippen LogP contribution in [0.4, 0.5) is 0 Å². The maximum absolute atomic E-state index is 2.48. The van der Waals surface area contributed by atoms with E-state index in [4.69, 9.17) is 0 Å². The molecule has 1 aliphatic carbocycles. The summed E-state index contributed by atoms with van der Waals surface area (Å²) in [6, 6.07) is 4.96. The summed E-state index contributed by atoms with van der Waals surface area (Å²) >= 11 is 0. The predicted octanol–water partition coefficient (Wildman–Crippen LogP) is 4.25. The van der Waals surface area contributed by atoms with Gasteiger partial charge in [0, 0.05) is 0 Å². The molecule has 0 N–H and O–H groups in total. The number of rotatable bonds is 2. The predicted molar refractivity (Wildman–Crippen MR) is 66.6 cm³/mol. The van der Waals surface area contributed by atoms with E-state index in [2.05, 4.69) is 32.9 Å². The van der Waals surface area contributed by atoms with E-state index >= 15 is 0 Å². The molecule has 1 aromatic rings. The molecule has 2 rings (SSSR count). The van der Waals surface area contributed by atoms with Gasteiger partial charge in [0.15, 0.2) is 0 Å². The van der Waals surface area contributed by atoms with Crippen molar-refractivity contribution < 1.29 is 0 Å². The average Bonchev–Trinajstić information content (AvgIpc) is 2.27. The van der Waals surface area contributed by atoms with Crippen LogP contribution in [0.5, 0.6) is 0 Å². The molecule has 0 heterocycles. The van der Waals surface area contributed by atoms with Crippen molar-refractivity contribution in [2.45, 2.75) is 58.8 Å². The summed E-state index contributed by atoms with van der Waals surface area (Å²) in [5.74, 6) is 0.673. The second-order valence-corrected chi connectivity index (χ2v) is 5.04. The number of hydrogen-bond donors (Lipinski definition) is 0. The third kappa shape index (κ3) is 2.09. The molecule has 0 fully saturated rings. The fraction of sp³-hybridized carbons (Fsp3) is 0.600. The van der Waals surface area contributed by atoms with Crippen molar-refractivity contribution in [1.29, 1.82) is 0 Å². The third-order valence-corrected chi connectivity index (χ3v) is 3.61. The lowest BCUT2D eigenvalue weighted by atomic mass is 9.85. The van der Waals surface area contributed by atoms with Crippen LogP contribution in [0.15, 0.2) is 12.1 Å². The van der Waals surface area contributed by atoms with Gasteiger partial charge in [-0.15, -0.1) is 0 Å². The Hall–Kier alpha value is -0.780. The topological polar surface area (TPSA) is 0 Å². The van der Waals surface area contributed by atoms with E-state index in [-0.39, 0.29) is 0 Å². The summed E-state index contributed by atoms with van der Waals surface area (Å²) < 4.78 is 0. The molecule has 1 aliphatic rings. The monoisotopic (exact) mass is 202 g/mol. The van der Waals surface area contributed by atoms with Crippen LogP contribution in [0.25, 0.3) is 0 Å². The first-order chi connectivity index (χ1) is 7.22. The Kier molecular flexibility index (Phi) is 3.14. The Morgan fingerprint density at radius 1 is 1.07 bits per heavy atom. The number of aryl methyl sites for hydroxylation is 3. The Labute approximate surface area is 93.7 Å². The zero-order valence-electron chi connectivity index (χ0n) is 10.3. The van der Waals surface area contributed by atoms with Crippen molar-refractivity contribution in [2.75, 3.05) is 0 Å². The minimum atomic E-state index is 0.673. The molecule has 0 atom stereocenters. The van der Waals surface area contributed by atoms with Gasteiger partial charge in [0.25, 0.3) is 0 Å². The van der Waals surface area contributed by atoms with E-state index in [0.29, 0.717) is 5.92 Å². The van der Waals surface area contributed by atoms with Gasteiger partial charge < -0.3 is 0 Å². The number of hydrogen-bond acceptors (Lipinski definition) is 0. The van der Waals surface area contributed by atoms with E-state index in [9.17, 15) is 0 Å². The molecule has 0 saturated heterocycles. The van der Waals surface area contributed by atoms with Crippen molar-refractivity contribution >= 4 is 0 Å². The smallest absolute Gasteiger partial charge is 0.0216 e. The second-order valence-electron chi connectivity index (χ2n) is 5.04. The van der Waals surface area contributed by atoms with Crippen LogP contribution in [0.2, 0.25) is 0 Å². The largest absolute Gasteiger partial charge is 0.0613 e. The molecule has 0 aromatic heterocycles. The van der Waals surface area contributed by atoms with Crippen LogP contribution in [-0.4, -0.2) is 0 Å². The molecular weight excluding hydrogens is 180 g/mol. The normalized spacial score (nSPS) is 15.5. The Balaban J connectivity index is 2.46. The molecule has 0 heteroatoms. The van der Waals surface area contributed by atoms with Crippen molar-refractivity contribution in [1.82, 2.24) is 0 Å². The van der Waals surface area contributed by atoms with Crippen molar-refractivity contribution in [3.63, 3.8) is 0 Å². The summed E-state index contributed by atoms with van der Waals surface area (Å²) in [5.41, 5.74) is 6.41. The SMILES string of the molecule is CCc1cc2c(cc1C(C)C)CCCC2. The van der Waals surface area contributed by atoms with Crippen LogP contribution in [0.3, 0.4) is 0 Å². The first kappa shape index (κ1) is 10.7. The zero-order chi connectivity index (χ0) is 10.8. The molecule has 0 bridgehead atoms. The maximum atomic E-state index is 2.48. The van der Waals surface area contributed by atoms with E-state index in [1.807, 2.05) is 0 Å². The lowest BCUT2D eigenvalue weighted by Gasteiger charge is -2.21. The fourth-order valence-electron chi connectivity index (χ4n) is 2.70. The minimum Gasteiger partial charge on any atom is -0.0613 e. The molecule has 1 aromatic carbocycles.